The Bertz CT molecular complexity index is 564. The average molecular weight is 286 g/mol. The standard InChI is InChI=1S/C17H22N2O2/c1-2-10-19(13-14-5-3-6-15(18)12-14)17(20)9-8-16-7-4-11-21-16/h3-7,11-12H,2,8-10,13,18H2,1H3. The van der Waals surface area contributed by atoms with E-state index in [4.69, 9.17) is 10.2 Å². The normalized spacial score (nSPS) is 10.5. The minimum Gasteiger partial charge on any atom is -0.469 e. The van der Waals surface area contributed by atoms with Gasteiger partial charge in [-0.25, -0.2) is 0 Å². The molecule has 1 aromatic heterocycles. The molecule has 0 aliphatic rings. The molecule has 112 valence electrons. The highest BCUT2D eigenvalue weighted by molar-refractivity contribution is 5.76. The molecule has 0 spiro atoms. The molecule has 0 unspecified atom stereocenters. The van der Waals surface area contributed by atoms with Gasteiger partial charge >= 0.3 is 0 Å². The van der Waals surface area contributed by atoms with E-state index in [2.05, 4.69) is 6.92 Å². The van der Waals surface area contributed by atoms with Gasteiger partial charge in [-0.15, -0.1) is 0 Å². The van der Waals surface area contributed by atoms with Crippen molar-refractivity contribution < 1.29 is 9.21 Å². The molecular formula is C17H22N2O2. The Hall–Kier alpha value is -2.23. The molecular weight excluding hydrogens is 264 g/mol. The van der Waals surface area contributed by atoms with E-state index in [0.29, 0.717) is 19.4 Å². The van der Waals surface area contributed by atoms with Gasteiger partial charge in [0.05, 0.1) is 6.26 Å². The lowest BCUT2D eigenvalue weighted by atomic mass is 10.1. The van der Waals surface area contributed by atoms with Crippen molar-refractivity contribution in [3.05, 3.63) is 54.0 Å². The number of anilines is 1. The van der Waals surface area contributed by atoms with Crippen LogP contribution in [0.25, 0.3) is 0 Å². The molecule has 1 heterocycles. The van der Waals surface area contributed by atoms with Crippen molar-refractivity contribution in [1.29, 1.82) is 0 Å². The Morgan fingerprint density at radius 3 is 2.81 bits per heavy atom. The number of carbonyl (C=O) groups is 1. The Kier molecular flexibility index (Phi) is 5.43. The summed E-state index contributed by atoms with van der Waals surface area (Å²) in [6.07, 6.45) is 3.68. The topological polar surface area (TPSA) is 59.5 Å². The fourth-order valence-electron chi connectivity index (χ4n) is 2.32. The predicted octanol–water partition coefficient (Wildman–Crippen LogP) is 3.23. The molecule has 2 aromatic rings. The van der Waals surface area contributed by atoms with Crippen LogP contribution in [0.3, 0.4) is 0 Å². The Balaban J connectivity index is 1.95. The average Bonchev–Trinajstić information content (AvgIpc) is 2.97. The van der Waals surface area contributed by atoms with Crippen LogP contribution in [0.2, 0.25) is 0 Å². The summed E-state index contributed by atoms with van der Waals surface area (Å²) in [6.45, 7) is 3.44. The minimum atomic E-state index is 0.149. The van der Waals surface area contributed by atoms with Crippen molar-refractivity contribution in [2.45, 2.75) is 32.7 Å². The van der Waals surface area contributed by atoms with Crippen molar-refractivity contribution in [3.8, 4) is 0 Å². The number of aryl methyl sites for hydroxylation is 1. The highest BCUT2D eigenvalue weighted by Gasteiger charge is 2.14. The van der Waals surface area contributed by atoms with Gasteiger partial charge in [-0.3, -0.25) is 4.79 Å². The monoisotopic (exact) mass is 286 g/mol. The van der Waals surface area contributed by atoms with Gasteiger partial charge in [-0.2, -0.15) is 0 Å². The third-order valence-corrected chi connectivity index (χ3v) is 3.34. The summed E-state index contributed by atoms with van der Waals surface area (Å²) < 4.78 is 5.27. The van der Waals surface area contributed by atoms with Crippen molar-refractivity contribution >= 4 is 11.6 Å². The third kappa shape index (κ3) is 4.67. The van der Waals surface area contributed by atoms with Crippen LogP contribution >= 0.6 is 0 Å². The first kappa shape index (κ1) is 15.2. The summed E-state index contributed by atoms with van der Waals surface area (Å²) in [5.41, 5.74) is 7.58. The number of rotatable bonds is 7. The van der Waals surface area contributed by atoms with Crippen LogP contribution in [-0.4, -0.2) is 17.4 Å². The number of hydrogen-bond acceptors (Lipinski definition) is 3. The summed E-state index contributed by atoms with van der Waals surface area (Å²) in [5.74, 6) is 0.999. The maximum atomic E-state index is 12.4. The second-order valence-corrected chi connectivity index (χ2v) is 5.14. The number of amides is 1. The Labute approximate surface area is 125 Å². The molecule has 21 heavy (non-hydrogen) atoms. The van der Waals surface area contributed by atoms with Crippen molar-refractivity contribution in [2.24, 2.45) is 0 Å². The summed E-state index contributed by atoms with van der Waals surface area (Å²) in [4.78, 5) is 14.3. The molecule has 4 nitrogen and oxygen atoms in total. The fourth-order valence-corrected chi connectivity index (χ4v) is 2.32. The van der Waals surface area contributed by atoms with E-state index in [1.807, 2.05) is 41.3 Å². The second-order valence-electron chi connectivity index (χ2n) is 5.14. The van der Waals surface area contributed by atoms with E-state index in [0.717, 1.165) is 30.0 Å². The molecule has 2 N–H and O–H groups in total. The maximum absolute atomic E-state index is 12.4. The maximum Gasteiger partial charge on any atom is 0.223 e. The smallest absolute Gasteiger partial charge is 0.223 e. The van der Waals surface area contributed by atoms with Crippen LogP contribution in [0.15, 0.2) is 47.1 Å². The van der Waals surface area contributed by atoms with Crippen molar-refractivity contribution in [2.75, 3.05) is 12.3 Å². The van der Waals surface area contributed by atoms with E-state index in [-0.39, 0.29) is 5.91 Å². The van der Waals surface area contributed by atoms with E-state index in [1.165, 1.54) is 0 Å². The quantitative estimate of drug-likeness (QED) is 0.795. The lowest BCUT2D eigenvalue weighted by Crippen LogP contribution is -2.31. The van der Waals surface area contributed by atoms with Gasteiger partial charge in [-0.1, -0.05) is 19.1 Å². The number of nitrogens with zero attached hydrogens (tertiary/aromatic N) is 1. The Morgan fingerprint density at radius 1 is 1.29 bits per heavy atom. The first-order valence-corrected chi connectivity index (χ1v) is 7.33. The van der Waals surface area contributed by atoms with Gasteiger partial charge < -0.3 is 15.1 Å². The van der Waals surface area contributed by atoms with Gasteiger partial charge in [0.2, 0.25) is 5.91 Å². The molecule has 0 radical (unpaired) electrons. The van der Waals surface area contributed by atoms with Crippen molar-refractivity contribution in [1.82, 2.24) is 4.90 Å². The molecule has 4 heteroatoms. The molecule has 1 aromatic carbocycles. The number of nitrogens with two attached hydrogens (primary N) is 1. The summed E-state index contributed by atoms with van der Waals surface area (Å²) in [6, 6.07) is 11.4. The fraction of sp³-hybridized carbons (Fsp3) is 0.353. The third-order valence-electron chi connectivity index (χ3n) is 3.34. The number of benzene rings is 1. The molecule has 0 aliphatic heterocycles. The molecule has 1 amide bonds. The summed E-state index contributed by atoms with van der Waals surface area (Å²) in [5, 5.41) is 0. The van der Waals surface area contributed by atoms with Gasteiger partial charge in [0, 0.05) is 31.6 Å². The van der Waals surface area contributed by atoms with E-state index >= 15 is 0 Å². The zero-order valence-corrected chi connectivity index (χ0v) is 12.4. The second kappa shape index (κ2) is 7.53. The molecule has 0 saturated heterocycles. The predicted molar refractivity (Wildman–Crippen MR) is 83.6 cm³/mol. The molecule has 0 aliphatic carbocycles. The van der Waals surface area contributed by atoms with Crippen LogP contribution in [-0.2, 0) is 17.8 Å². The number of furan rings is 1. The van der Waals surface area contributed by atoms with E-state index < -0.39 is 0 Å². The zero-order chi connectivity index (χ0) is 15.1. The SMILES string of the molecule is CCCN(Cc1cccc(N)c1)C(=O)CCc1ccco1. The van der Waals surface area contributed by atoms with Gasteiger partial charge in [0.1, 0.15) is 5.76 Å². The largest absolute Gasteiger partial charge is 0.469 e. The molecule has 0 atom stereocenters. The zero-order valence-electron chi connectivity index (χ0n) is 12.4. The molecule has 0 fully saturated rings. The summed E-state index contributed by atoms with van der Waals surface area (Å²) in [7, 11) is 0. The minimum absolute atomic E-state index is 0.149. The van der Waals surface area contributed by atoms with Gasteiger partial charge in [0.15, 0.2) is 0 Å². The highest BCUT2D eigenvalue weighted by Crippen LogP contribution is 2.12. The summed E-state index contributed by atoms with van der Waals surface area (Å²) >= 11 is 0. The van der Waals surface area contributed by atoms with Gasteiger partial charge in [0.25, 0.3) is 0 Å². The first-order chi connectivity index (χ1) is 10.2. The van der Waals surface area contributed by atoms with Crippen LogP contribution in [0, 0.1) is 0 Å². The van der Waals surface area contributed by atoms with Crippen LogP contribution < -0.4 is 5.73 Å². The van der Waals surface area contributed by atoms with Gasteiger partial charge in [-0.05, 0) is 36.2 Å². The Morgan fingerprint density at radius 2 is 2.14 bits per heavy atom. The first-order valence-electron chi connectivity index (χ1n) is 7.33. The lowest BCUT2D eigenvalue weighted by molar-refractivity contribution is -0.131. The van der Waals surface area contributed by atoms with E-state index in [9.17, 15) is 4.79 Å². The lowest BCUT2D eigenvalue weighted by Gasteiger charge is -2.22. The van der Waals surface area contributed by atoms with Crippen LogP contribution in [0.4, 0.5) is 5.69 Å². The molecule has 0 bridgehead atoms. The number of nitrogen functional groups attached to an aromatic ring is 1. The number of hydrogen-bond donors (Lipinski definition) is 1. The van der Waals surface area contributed by atoms with Crippen LogP contribution in [0.1, 0.15) is 31.1 Å². The number of carbonyl (C=O) groups excluding carboxylic acids is 1. The van der Waals surface area contributed by atoms with Crippen molar-refractivity contribution in [3.63, 3.8) is 0 Å². The molecule has 0 saturated carbocycles. The van der Waals surface area contributed by atoms with Crippen LogP contribution in [0.5, 0.6) is 0 Å². The molecule has 2 rings (SSSR count). The van der Waals surface area contributed by atoms with E-state index in [1.54, 1.807) is 6.26 Å². The highest BCUT2D eigenvalue weighted by atomic mass is 16.3.